The largest absolute Gasteiger partial charge is 0.480 e. The van der Waals surface area contributed by atoms with Gasteiger partial charge in [-0.1, -0.05) is 25.5 Å². The SMILES string of the molecule is CCCCc1ccc(C(=O)N[C@H](CCO)C(=O)O)cc1. The molecule has 5 nitrogen and oxygen atoms in total. The topological polar surface area (TPSA) is 86.6 Å². The Morgan fingerprint density at radius 2 is 1.90 bits per heavy atom. The summed E-state index contributed by atoms with van der Waals surface area (Å²) < 4.78 is 0. The van der Waals surface area contributed by atoms with Crippen molar-refractivity contribution in [3.8, 4) is 0 Å². The number of carboxylic acid groups (broad SMARTS) is 1. The smallest absolute Gasteiger partial charge is 0.326 e. The molecule has 0 fully saturated rings. The van der Waals surface area contributed by atoms with Gasteiger partial charge in [0.25, 0.3) is 5.91 Å². The molecule has 110 valence electrons. The lowest BCUT2D eigenvalue weighted by Crippen LogP contribution is -2.41. The van der Waals surface area contributed by atoms with Crippen LogP contribution in [0.1, 0.15) is 42.1 Å². The van der Waals surface area contributed by atoms with E-state index < -0.39 is 17.9 Å². The highest BCUT2D eigenvalue weighted by atomic mass is 16.4. The van der Waals surface area contributed by atoms with Gasteiger partial charge >= 0.3 is 5.97 Å². The Labute approximate surface area is 118 Å². The van der Waals surface area contributed by atoms with E-state index in [0.717, 1.165) is 24.8 Å². The van der Waals surface area contributed by atoms with Crippen molar-refractivity contribution in [3.63, 3.8) is 0 Å². The van der Waals surface area contributed by atoms with Crippen molar-refractivity contribution in [3.05, 3.63) is 35.4 Å². The monoisotopic (exact) mass is 279 g/mol. The highest BCUT2D eigenvalue weighted by Gasteiger charge is 2.19. The maximum atomic E-state index is 11.9. The Hall–Kier alpha value is -1.88. The Morgan fingerprint density at radius 1 is 1.25 bits per heavy atom. The van der Waals surface area contributed by atoms with Gasteiger partial charge in [0.2, 0.25) is 0 Å². The Morgan fingerprint density at radius 3 is 2.40 bits per heavy atom. The molecule has 1 aromatic rings. The number of hydrogen-bond acceptors (Lipinski definition) is 3. The third-order valence-electron chi connectivity index (χ3n) is 3.06. The zero-order valence-electron chi connectivity index (χ0n) is 11.6. The van der Waals surface area contributed by atoms with Crippen LogP contribution >= 0.6 is 0 Å². The molecule has 20 heavy (non-hydrogen) atoms. The first-order valence-corrected chi connectivity index (χ1v) is 6.82. The lowest BCUT2D eigenvalue weighted by atomic mass is 10.1. The van der Waals surface area contributed by atoms with Crippen molar-refractivity contribution in [2.24, 2.45) is 0 Å². The quantitative estimate of drug-likeness (QED) is 0.674. The standard InChI is InChI=1S/C15H21NO4/c1-2-3-4-11-5-7-12(8-6-11)14(18)16-13(9-10-17)15(19)20/h5-8,13,17H,2-4,9-10H2,1H3,(H,16,18)(H,19,20)/t13-/m1/s1. The Kier molecular flexibility index (Phi) is 6.73. The van der Waals surface area contributed by atoms with Gasteiger partial charge in [-0.25, -0.2) is 4.79 Å². The van der Waals surface area contributed by atoms with E-state index in [1.165, 1.54) is 0 Å². The fourth-order valence-corrected chi connectivity index (χ4v) is 1.83. The van der Waals surface area contributed by atoms with Crippen LogP contribution < -0.4 is 5.32 Å². The van der Waals surface area contributed by atoms with Gasteiger partial charge in [-0.3, -0.25) is 4.79 Å². The van der Waals surface area contributed by atoms with Crippen LogP contribution in [0.15, 0.2) is 24.3 Å². The minimum Gasteiger partial charge on any atom is -0.480 e. The van der Waals surface area contributed by atoms with Gasteiger partial charge in [-0.05, 0) is 30.5 Å². The summed E-state index contributed by atoms with van der Waals surface area (Å²) in [6.07, 6.45) is 3.18. The normalized spacial score (nSPS) is 11.9. The molecular formula is C15H21NO4. The van der Waals surface area contributed by atoms with E-state index in [2.05, 4.69) is 12.2 Å². The lowest BCUT2D eigenvalue weighted by Gasteiger charge is -2.13. The van der Waals surface area contributed by atoms with E-state index in [4.69, 9.17) is 10.2 Å². The molecule has 5 heteroatoms. The van der Waals surface area contributed by atoms with Crippen molar-refractivity contribution in [2.75, 3.05) is 6.61 Å². The van der Waals surface area contributed by atoms with Crippen molar-refractivity contribution in [1.29, 1.82) is 0 Å². The first-order valence-electron chi connectivity index (χ1n) is 6.82. The van der Waals surface area contributed by atoms with Crippen LogP contribution in [0.2, 0.25) is 0 Å². The summed E-state index contributed by atoms with van der Waals surface area (Å²) in [4.78, 5) is 22.8. The van der Waals surface area contributed by atoms with Crippen LogP contribution in [0.25, 0.3) is 0 Å². The first kappa shape index (κ1) is 16.2. The van der Waals surface area contributed by atoms with Gasteiger partial charge in [0.1, 0.15) is 6.04 Å². The zero-order chi connectivity index (χ0) is 15.0. The average Bonchev–Trinajstić information content (AvgIpc) is 2.45. The number of nitrogens with one attached hydrogen (secondary N) is 1. The molecule has 3 N–H and O–H groups in total. The summed E-state index contributed by atoms with van der Waals surface area (Å²) >= 11 is 0. The molecule has 0 heterocycles. The second-order valence-electron chi connectivity index (χ2n) is 4.68. The van der Waals surface area contributed by atoms with Crippen LogP contribution in [0.4, 0.5) is 0 Å². The second kappa shape index (κ2) is 8.32. The minimum absolute atomic E-state index is 0.00431. The highest BCUT2D eigenvalue weighted by molar-refractivity contribution is 5.96. The molecule has 0 aliphatic heterocycles. The summed E-state index contributed by atoms with van der Waals surface area (Å²) in [6, 6.07) is 6.09. The molecule has 0 saturated carbocycles. The number of aliphatic hydroxyl groups is 1. The number of carbonyl (C=O) groups is 2. The third kappa shape index (κ3) is 5.01. The molecule has 0 aliphatic carbocycles. The summed E-state index contributed by atoms with van der Waals surface area (Å²) in [5.74, 6) is -1.58. The second-order valence-corrected chi connectivity index (χ2v) is 4.68. The average molecular weight is 279 g/mol. The van der Waals surface area contributed by atoms with Crippen molar-refractivity contribution in [2.45, 2.75) is 38.6 Å². The number of hydrogen-bond donors (Lipinski definition) is 3. The summed E-state index contributed by atoms with van der Waals surface area (Å²) in [6.45, 7) is 1.84. The van der Waals surface area contributed by atoms with E-state index in [-0.39, 0.29) is 13.0 Å². The predicted octanol–water partition coefficient (Wildman–Crippen LogP) is 1.59. The van der Waals surface area contributed by atoms with E-state index in [1.54, 1.807) is 12.1 Å². The van der Waals surface area contributed by atoms with Crippen molar-refractivity contribution < 1.29 is 19.8 Å². The molecule has 1 atom stereocenters. The number of amides is 1. The van der Waals surface area contributed by atoms with Gasteiger partial charge in [-0.15, -0.1) is 0 Å². The van der Waals surface area contributed by atoms with Gasteiger partial charge in [0.05, 0.1) is 0 Å². The van der Waals surface area contributed by atoms with Gasteiger partial charge < -0.3 is 15.5 Å². The lowest BCUT2D eigenvalue weighted by molar-refractivity contribution is -0.139. The number of carbonyl (C=O) groups excluding carboxylic acids is 1. The fourth-order valence-electron chi connectivity index (χ4n) is 1.83. The first-order chi connectivity index (χ1) is 9.58. The molecule has 0 aliphatic rings. The third-order valence-corrected chi connectivity index (χ3v) is 3.06. The van der Waals surface area contributed by atoms with Crippen molar-refractivity contribution >= 4 is 11.9 Å². The molecule has 0 radical (unpaired) electrons. The molecule has 1 amide bonds. The zero-order valence-corrected chi connectivity index (χ0v) is 11.6. The molecule has 0 unspecified atom stereocenters. The van der Waals surface area contributed by atoms with Crippen LogP contribution in [-0.2, 0) is 11.2 Å². The Balaban J connectivity index is 2.64. The molecule has 0 bridgehead atoms. The molecular weight excluding hydrogens is 258 g/mol. The van der Waals surface area contributed by atoms with Gasteiger partial charge in [0, 0.05) is 18.6 Å². The highest BCUT2D eigenvalue weighted by Crippen LogP contribution is 2.08. The molecule has 1 rings (SSSR count). The number of unbranched alkanes of at least 4 members (excludes halogenated alkanes) is 1. The summed E-state index contributed by atoms with van der Waals surface area (Å²) in [5.41, 5.74) is 1.59. The molecule has 0 spiro atoms. The van der Waals surface area contributed by atoms with Crippen LogP contribution in [0.5, 0.6) is 0 Å². The molecule has 0 aromatic heterocycles. The van der Waals surface area contributed by atoms with E-state index in [9.17, 15) is 9.59 Å². The maximum Gasteiger partial charge on any atom is 0.326 e. The van der Waals surface area contributed by atoms with Gasteiger partial charge in [-0.2, -0.15) is 0 Å². The Bertz CT molecular complexity index is 442. The van der Waals surface area contributed by atoms with Crippen molar-refractivity contribution in [1.82, 2.24) is 5.32 Å². The maximum absolute atomic E-state index is 11.9. The number of aliphatic hydroxyl groups excluding tert-OH is 1. The number of rotatable bonds is 8. The summed E-state index contributed by atoms with van der Waals surface area (Å²) in [5, 5.41) is 20.1. The van der Waals surface area contributed by atoms with Crippen LogP contribution in [0, 0.1) is 0 Å². The van der Waals surface area contributed by atoms with E-state index in [1.807, 2.05) is 12.1 Å². The molecule has 1 aromatic carbocycles. The number of carboxylic acids is 1. The number of benzene rings is 1. The number of aliphatic carboxylic acids is 1. The van der Waals surface area contributed by atoms with Gasteiger partial charge in [0.15, 0.2) is 0 Å². The van der Waals surface area contributed by atoms with Crippen LogP contribution in [0.3, 0.4) is 0 Å². The van der Waals surface area contributed by atoms with Crippen LogP contribution in [-0.4, -0.2) is 34.7 Å². The van der Waals surface area contributed by atoms with E-state index in [0.29, 0.717) is 5.56 Å². The predicted molar refractivity (Wildman–Crippen MR) is 75.6 cm³/mol. The number of aryl methyl sites for hydroxylation is 1. The summed E-state index contributed by atoms with van der Waals surface area (Å²) in [7, 11) is 0. The molecule has 0 saturated heterocycles. The van der Waals surface area contributed by atoms with E-state index >= 15 is 0 Å². The fraction of sp³-hybridized carbons (Fsp3) is 0.467. The minimum atomic E-state index is -1.15.